The minimum absolute atomic E-state index is 0.0999. The zero-order valence-electron chi connectivity index (χ0n) is 34.5. The van der Waals surface area contributed by atoms with Gasteiger partial charge in [-0.05, 0) is 110 Å². The van der Waals surface area contributed by atoms with E-state index < -0.39 is 23.8 Å². The Labute approximate surface area is 360 Å². The van der Waals surface area contributed by atoms with E-state index in [9.17, 15) is 19.2 Å². The summed E-state index contributed by atoms with van der Waals surface area (Å²) in [5.74, 6) is 0.108. The van der Waals surface area contributed by atoms with Crippen LogP contribution in [-0.2, 0) is 21.6 Å². The highest BCUT2D eigenvalue weighted by Gasteiger charge is 2.45. The Morgan fingerprint density at radius 1 is 0.869 bits per heavy atom. The standard InChI is InChI=1S/C47H49ClN8O5/c1-46(2,32-22-33(48)24-35(23-32)49-3)31-4-7-37(8-5-31)61-29-34-12-17-50-45(51-34)54-20-15-47(16-21-54)13-18-53(19-14-47)26-30-27-55(28-30)36-6-9-38-39(25-36)44(60)56(43(38)59)40-10-11-41(57)52-42(40)58/h4-9,12,17,22-25,30,40H,10-11,13-16,18-21,26-29H2,1-2H3,(H,52,57,58). The molecule has 61 heavy (non-hydrogen) atoms. The van der Waals surface area contributed by atoms with Crippen molar-refractivity contribution in [2.24, 2.45) is 11.3 Å². The van der Waals surface area contributed by atoms with E-state index in [-0.39, 0.29) is 24.2 Å². The Morgan fingerprint density at radius 2 is 1.59 bits per heavy atom. The lowest BCUT2D eigenvalue weighted by molar-refractivity contribution is -0.136. The molecular formula is C47H49ClN8O5. The number of hydrogen-bond donors (Lipinski definition) is 1. The summed E-state index contributed by atoms with van der Waals surface area (Å²) in [7, 11) is 0. The number of amides is 4. The number of aromatic nitrogens is 2. The summed E-state index contributed by atoms with van der Waals surface area (Å²) in [4.78, 5) is 71.8. The van der Waals surface area contributed by atoms with E-state index in [1.54, 1.807) is 18.2 Å². The third-order valence-electron chi connectivity index (χ3n) is 13.7. The van der Waals surface area contributed by atoms with Gasteiger partial charge in [0, 0.05) is 67.4 Å². The molecule has 1 atom stereocenters. The predicted molar refractivity (Wildman–Crippen MR) is 231 cm³/mol. The van der Waals surface area contributed by atoms with E-state index in [0.29, 0.717) is 39.8 Å². The topological polar surface area (TPSA) is 133 Å². The first-order valence-corrected chi connectivity index (χ1v) is 21.6. The average molecular weight is 841 g/mol. The summed E-state index contributed by atoms with van der Waals surface area (Å²) in [6.45, 7) is 18.9. The Morgan fingerprint density at radius 3 is 2.31 bits per heavy atom. The molecule has 0 saturated carbocycles. The van der Waals surface area contributed by atoms with Gasteiger partial charge < -0.3 is 19.4 Å². The molecule has 1 aromatic heterocycles. The second-order valence-corrected chi connectivity index (χ2v) is 18.3. The maximum Gasteiger partial charge on any atom is 0.262 e. The van der Waals surface area contributed by atoms with Crippen LogP contribution in [0.4, 0.5) is 17.3 Å². The number of nitrogens with one attached hydrogen (secondary N) is 1. The molecule has 3 aromatic carbocycles. The van der Waals surface area contributed by atoms with Crippen molar-refractivity contribution in [3.8, 4) is 5.75 Å². The minimum Gasteiger partial charge on any atom is -0.487 e. The van der Waals surface area contributed by atoms with E-state index >= 15 is 0 Å². The number of likely N-dealkylation sites (tertiary alicyclic amines) is 1. The SMILES string of the molecule is [C-]#[N+]c1cc(Cl)cc(C(C)(C)c2ccc(OCc3ccnc(N4CCC5(CCN(CC6CN(c7ccc8c(c7)C(=O)N(C7CCC(=O)NC7=O)C8=O)C6)CC5)CC4)n3)cc2)c1. The highest BCUT2D eigenvalue weighted by Crippen LogP contribution is 2.43. The highest BCUT2D eigenvalue weighted by molar-refractivity contribution is 6.31. The quantitative estimate of drug-likeness (QED) is 0.134. The van der Waals surface area contributed by atoms with Gasteiger partial charge in [0.25, 0.3) is 11.8 Å². The number of nitrogens with zero attached hydrogens (tertiary/aromatic N) is 7. The van der Waals surface area contributed by atoms with Gasteiger partial charge in [0.1, 0.15) is 18.4 Å². The summed E-state index contributed by atoms with van der Waals surface area (Å²) in [5, 5.41) is 2.81. The van der Waals surface area contributed by atoms with Crippen LogP contribution in [0.5, 0.6) is 5.75 Å². The molecule has 14 heteroatoms. The molecule has 5 aliphatic heterocycles. The first-order chi connectivity index (χ1) is 29.4. The summed E-state index contributed by atoms with van der Waals surface area (Å²) in [6, 6.07) is 19.9. The third-order valence-corrected chi connectivity index (χ3v) is 13.9. The van der Waals surface area contributed by atoms with Crippen LogP contribution < -0.4 is 19.9 Å². The molecule has 1 N–H and O–H groups in total. The van der Waals surface area contributed by atoms with Gasteiger partial charge in [-0.15, -0.1) is 0 Å². The van der Waals surface area contributed by atoms with Crippen LogP contribution in [0.2, 0.25) is 5.02 Å². The van der Waals surface area contributed by atoms with Crippen molar-refractivity contribution in [1.82, 2.24) is 25.1 Å². The summed E-state index contributed by atoms with van der Waals surface area (Å²) in [6.07, 6.45) is 6.69. The van der Waals surface area contributed by atoms with E-state index in [1.807, 2.05) is 42.6 Å². The maximum atomic E-state index is 13.3. The van der Waals surface area contributed by atoms with Gasteiger partial charge >= 0.3 is 0 Å². The Bertz CT molecular complexity index is 2430. The monoisotopic (exact) mass is 840 g/mol. The van der Waals surface area contributed by atoms with Gasteiger partial charge in [-0.1, -0.05) is 43.6 Å². The number of imide groups is 2. The van der Waals surface area contributed by atoms with Gasteiger partial charge in [-0.3, -0.25) is 29.4 Å². The summed E-state index contributed by atoms with van der Waals surface area (Å²) < 4.78 is 6.16. The number of fused-ring (bicyclic) bond motifs is 1. The van der Waals surface area contributed by atoms with Crippen molar-refractivity contribution in [1.29, 1.82) is 0 Å². The number of piperidine rings is 3. The van der Waals surface area contributed by atoms with Gasteiger partial charge in [0.05, 0.1) is 23.4 Å². The van der Waals surface area contributed by atoms with E-state index in [0.717, 1.165) is 97.8 Å². The number of carbonyl (C=O) groups is 4. The first kappa shape index (κ1) is 40.6. The normalized spacial score (nSPS) is 20.7. The predicted octanol–water partition coefficient (Wildman–Crippen LogP) is 6.81. The Kier molecular flexibility index (Phi) is 10.8. The number of benzene rings is 3. The van der Waals surface area contributed by atoms with Crippen molar-refractivity contribution in [2.45, 2.75) is 70.4 Å². The number of ether oxygens (including phenoxy) is 1. The zero-order valence-corrected chi connectivity index (χ0v) is 35.3. The van der Waals surface area contributed by atoms with Gasteiger partial charge in [0.15, 0.2) is 5.69 Å². The molecule has 4 fully saturated rings. The van der Waals surface area contributed by atoms with E-state index in [4.69, 9.17) is 27.9 Å². The van der Waals surface area contributed by atoms with Crippen LogP contribution in [-0.4, -0.2) is 95.3 Å². The maximum absolute atomic E-state index is 13.3. The Balaban J connectivity index is 0.719. The minimum atomic E-state index is -0.962. The molecule has 5 aliphatic rings. The van der Waals surface area contributed by atoms with Crippen molar-refractivity contribution in [2.75, 3.05) is 55.6 Å². The average Bonchev–Trinajstić information content (AvgIpc) is 3.49. The lowest BCUT2D eigenvalue weighted by atomic mass is 9.71. The van der Waals surface area contributed by atoms with Crippen molar-refractivity contribution in [3.63, 3.8) is 0 Å². The fourth-order valence-electron chi connectivity index (χ4n) is 9.72. The van der Waals surface area contributed by atoms with Crippen LogP contribution in [0.15, 0.2) is 72.9 Å². The van der Waals surface area contributed by atoms with Gasteiger partial charge in [0.2, 0.25) is 17.8 Å². The van der Waals surface area contributed by atoms with E-state index in [1.165, 1.54) is 12.8 Å². The van der Waals surface area contributed by atoms with Crippen molar-refractivity contribution < 1.29 is 23.9 Å². The smallest absolute Gasteiger partial charge is 0.262 e. The van der Waals surface area contributed by atoms with Crippen LogP contribution in [0, 0.1) is 17.9 Å². The number of carbonyl (C=O) groups excluding carboxylic acids is 4. The zero-order chi connectivity index (χ0) is 42.5. The number of anilines is 2. The summed E-state index contributed by atoms with van der Waals surface area (Å²) >= 11 is 6.32. The summed E-state index contributed by atoms with van der Waals surface area (Å²) in [5.41, 5.74) is 4.99. The van der Waals surface area contributed by atoms with Gasteiger partial charge in [-0.25, -0.2) is 14.8 Å². The number of hydrogen-bond acceptors (Lipinski definition) is 10. The fourth-order valence-corrected chi connectivity index (χ4v) is 9.95. The van der Waals surface area contributed by atoms with Crippen LogP contribution in [0.3, 0.4) is 0 Å². The lowest BCUT2D eigenvalue weighted by Crippen LogP contribution is -2.54. The molecule has 6 heterocycles. The fraction of sp³-hybridized carbons (Fsp3) is 0.426. The van der Waals surface area contributed by atoms with Crippen LogP contribution in [0.1, 0.15) is 89.9 Å². The molecule has 9 rings (SSSR count). The molecule has 0 radical (unpaired) electrons. The second-order valence-electron chi connectivity index (χ2n) is 17.8. The van der Waals surface area contributed by atoms with Crippen LogP contribution in [0.25, 0.3) is 4.85 Å². The molecule has 13 nitrogen and oxygen atoms in total. The van der Waals surface area contributed by atoms with E-state index in [2.05, 4.69) is 55.8 Å². The van der Waals surface area contributed by atoms with Crippen molar-refractivity contribution >= 4 is 52.6 Å². The second kappa shape index (κ2) is 16.2. The Hall–Kier alpha value is -5.84. The number of halogens is 1. The molecule has 4 amide bonds. The third kappa shape index (κ3) is 8.07. The molecule has 0 aliphatic carbocycles. The highest BCUT2D eigenvalue weighted by atomic mass is 35.5. The van der Waals surface area contributed by atoms with Crippen molar-refractivity contribution in [3.05, 3.63) is 117 Å². The molecule has 4 aromatic rings. The molecular weight excluding hydrogens is 792 g/mol. The van der Waals surface area contributed by atoms with Gasteiger partial charge in [-0.2, -0.15) is 0 Å². The molecule has 4 saturated heterocycles. The lowest BCUT2D eigenvalue weighted by Gasteiger charge is -2.49. The molecule has 0 bridgehead atoms. The molecule has 1 spiro atoms. The molecule has 314 valence electrons. The molecule has 1 unspecified atom stereocenters. The van der Waals surface area contributed by atoms with Crippen LogP contribution >= 0.6 is 11.6 Å². The largest absolute Gasteiger partial charge is 0.487 e. The number of rotatable bonds is 10. The first-order valence-electron chi connectivity index (χ1n) is 21.2.